The Kier molecular flexibility index (Phi) is 5.58. The number of amides is 2. The normalized spacial score (nSPS) is 20.1. The zero-order valence-electron chi connectivity index (χ0n) is 17.6. The van der Waals surface area contributed by atoms with Crippen LogP contribution >= 0.6 is 0 Å². The van der Waals surface area contributed by atoms with E-state index in [1.165, 1.54) is 0 Å². The molecule has 29 heavy (non-hydrogen) atoms. The lowest BCUT2D eigenvalue weighted by atomic mass is 9.80. The number of likely N-dealkylation sites (tertiary alicyclic amines) is 1. The molecule has 158 valence electrons. The minimum Gasteiger partial charge on any atom is -0.444 e. The van der Waals surface area contributed by atoms with E-state index >= 15 is 0 Å². The van der Waals surface area contributed by atoms with Crippen molar-refractivity contribution >= 4 is 23.5 Å². The average molecular weight is 402 g/mol. The molecular formula is C21H30N4O4. The maximum Gasteiger partial charge on any atom is 0.410 e. The van der Waals surface area contributed by atoms with Gasteiger partial charge in [0.15, 0.2) is 5.78 Å². The maximum atomic E-state index is 13.2. The summed E-state index contributed by atoms with van der Waals surface area (Å²) in [4.78, 5) is 42.7. The molecule has 2 fully saturated rings. The summed E-state index contributed by atoms with van der Waals surface area (Å²) in [7, 11) is 1.91. The van der Waals surface area contributed by atoms with Gasteiger partial charge in [0.05, 0.1) is 13.2 Å². The van der Waals surface area contributed by atoms with E-state index in [1.54, 1.807) is 17.0 Å². The second-order valence-corrected chi connectivity index (χ2v) is 8.92. The molecule has 0 bridgehead atoms. The van der Waals surface area contributed by atoms with Gasteiger partial charge < -0.3 is 20.3 Å². The highest BCUT2D eigenvalue weighted by atomic mass is 16.6. The topological polar surface area (TPSA) is 96.2 Å². The van der Waals surface area contributed by atoms with Crippen LogP contribution in [0.2, 0.25) is 0 Å². The monoisotopic (exact) mass is 402 g/mol. The Morgan fingerprint density at radius 3 is 2.21 bits per heavy atom. The summed E-state index contributed by atoms with van der Waals surface area (Å²) in [6, 6.07) is 7.02. The van der Waals surface area contributed by atoms with Crippen LogP contribution < -0.4 is 10.6 Å². The molecule has 8 nitrogen and oxygen atoms in total. The zero-order chi connectivity index (χ0) is 21.4. The first-order chi connectivity index (χ1) is 13.5. The van der Waals surface area contributed by atoms with Gasteiger partial charge in [0.25, 0.3) is 0 Å². The Hall–Kier alpha value is -2.61. The number of carbonyl (C=O) groups excluding carboxylic acids is 3. The van der Waals surface area contributed by atoms with Crippen LogP contribution in [0.25, 0.3) is 0 Å². The van der Waals surface area contributed by atoms with Crippen molar-refractivity contribution in [3.8, 4) is 0 Å². The van der Waals surface area contributed by atoms with Crippen molar-refractivity contribution < 1.29 is 19.1 Å². The zero-order valence-corrected chi connectivity index (χ0v) is 17.6. The van der Waals surface area contributed by atoms with E-state index in [1.807, 2.05) is 44.9 Å². The van der Waals surface area contributed by atoms with E-state index in [4.69, 9.17) is 10.5 Å². The molecule has 2 aliphatic rings. The van der Waals surface area contributed by atoms with Crippen LogP contribution in [0.15, 0.2) is 24.3 Å². The summed E-state index contributed by atoms with van der Waals surface area (Å²) >= 11 is 0. The van der Waals surface area contributed by atoms with Crippen molar-refractivity contribution in [3.05, 3.63) is 29.8 Å². The van der Waals surface area contributed by atoms with Gasteiger partial charge in [-0.25, -0.2) is 4.79 Å². The minimum atomic E-state index is -0.667. The third kappa shape index (κ3) is 4.37. The van der Waals surface area contributed by atoms with E-state index in [0.717, 1.165) is 5.69 Å². The maximum absolute atomic E-state index is 13.2. The number of hydrogen-bond acceptors (Lipinski definition) is 6. The first-order valence-corrected chi connectivity index (χ1v) is 9.89. The van der Waals surface area contributed by atoms with Gasteiger partial charge in [-0.15, -0.1) is 0 Å². The number of benzene rings is 1. The third-order valence-corrected chi connectivity index (χ3v) is 5.54. The van der Waals surface area contributed by atoms with Gasteiger partial charge in [0.2, 0.25) is 5.91 Å². The second-order valence-electron chi connectivity index (χ2n) is 8.92. The van der Waals surface area contributed by atoms with Gasteiger partial charge in [-0.05, 0) is 64.9 Å². The number of Topliss-reactive ketones (excluding diaryl/α,β-unsaturated/α-hetero) is 1. The van der Waals surface area contributed by atoms with Crippen LogP contribution in [0.1, 0.15) is 44.0 Å². The Bertz CT molecular complexity index is 792. The van der Waals surface area contributed by atoms with E-state index in [9.17, 15) is 14.4 Å². The van der Waals surface area contributed by atoms with Crippen molar-refractivity contribution in [2.45, 2.75) is 44.8 Å². The Morgan fingerprint density at radius 2 is 1.69 bits per heavy atom. The van der Waals surface area contributed by atoms with E-state index < -0.39 is 17.0 Å². The molecule has 1 aromatic rings. The number of likely N-dealkylation sites (N-methyl/N-ethyl adjacent to an activating group) is 1. The van der Waals surface area contributed by atoms with E-state index in [0.29, 0.717) is 44.7 Å². The van der Waals surface area contributed by atoms with Crippen LogP contribution in [0.3, 0.4) is 0 Å². The van der Waals surface area contributed by atoms with Crippen LogP contribution in [-0.4, -0.2) is 72.1 Å². The molecule has 0 aromatic heterocycles. The molecule has 1 aromatic carbocycles. The van der Waals surface area contributed by atoms with E-state index in [-0.39, 0.29) is 11.9 Å². The summed E-state index contributed by atoms with van der Waals surface area (Å²) in [5.41, 5.74) is 5.42. The predicted molar refractivity (Wildman–Crippen MR) is 110 cm³/mol. The second kappa shape index (κ2) is 7.67. The van der Waals surface area contributed by atoms with Gasteiger partial charge in [-0.1, -0.05) is 0 Å². The molecule has 2 aliphatic heterocycles. The van der Waals surface area contributed by atoms with Gasteiger partial charge in [-0.2, -0.15) is 0 Å². The van der Waals surface area contributed by atoms with Crippen LogP contribution in [0.4, 0.5) is 10.5 Å². The molecule has 0 saturated carbocycles. The molecule has 3 rings (SSSR count). The van der Waals surface area contributed by atoms with Crippen molar-refractivity contribution in [1.82, 2.24) is 9.80 Å². The summed E-state index contributed by atoms with van der Waals surface area (Å²) < 4.78 is 5.48. The summed E-state index contributed by atoms with van der Waals surface area (Å²) in [5.74, 6) is -0.335. The molecule has 0 unspecified atom stereocenters. The Morgan fingerprint density at radius 1 is 1.10 bits per heavy atom. The number of anilines is 1. The number of nitrogens with zero attached hydrogens (tertiary/aromatic N) is 3. The summed E-state index contributed by atoms with van der Waals surface area (Å²) in [6.07, 6.45) is 0.734. The fraction of sp³-hybridized carbons (Fsp3) is 0.571. The molecule has 2 heterocycles. The first kappa shape index (κ1) is 21.1. The van der Waals surface area contributed by atoms with Crippen LogP contribution in [0, 0.1) is 0 Å². The van der Waals surface area contributed by atoms with Crippen molar-refractivity contribution in [3.63, 3.8) is 0 Å². The molecule has 0 radical (unpaired) electrons. The number of ether oxygens (including phenoxy) is 1. The number of hydrogen-bond donors (Lipinski definition) is 1. The third-order valence-electron chi connectivity index (χ3n) is 5.54. The molecule has 2 amide bonds. The lowest BCUT2D eigenvalue weighted by Crippen LogP contribution is -2.68. The SMILES string of the molecule is CN1CC(=O)C2(CCN(C(=O)OC(C)(C)C)CC2)N(c2ccc(C(N)=O)cc2)C1. The summed E-state index contributed by atoms with van der Waals surface area (Å²) in [6.45, 7) is 7.41. The van der Waals surface area contributed by atoms with E-state index in [2.05, 4.69) is 4.90 Å². The highest BCUT2D eigenvalue weighted by molar-refractivity contribution is 5.96. The van der Waals surface area contributed by atoms with Crippen LogP contribution in [0.5, 0.6) is 0 Å². The van der Waals surface area contributed by atoms with Crippen molar-refractivity contribution in [2.75, 3.05) is 38.3 Å². The molecule has 8 heteroatoms. The quantitative estimate of drug-likeness (QED) is 0.811. The largest absolute Gasteiger partial charge is 0.444 e. The smallest absolute Gasteiger partial charge is 0.410 e. The minimum absolute atomic E-state index is 0.147. The molecule has 0 atom stereocenters. The number of carbonyl (C=O) groups is 3. The number of rotatable bonds is 2. The summed E-state index contributed by atoms with van der Waals surface area (Å²) in [5, 5.41) is 0. The van der Waals surface area contributed by atoms with Crippen molar-refractivity contribution in [2.24, 2.45) is 5.73 Å². The predicted octanol–water partition coefficient (Wildman–Crippen LogP) is 1.83. The first-order valence-electron chi connectivity index (χ1n) is 9.89. The fourth-order valence-electron chi connectivity index (χ4n) is 4.04. The number of piperidine rings is 1. The Labute approximate surface area is 171 Å². The lowest BCUT2D eigenvalue weighted by molar-refractivity contribution is -0.129. The van der Waals surface area contributed by atoms with Gasteiger partial charge in [0, 0.05) is 24.3 Å². The lowest BCUT2D eigenvalue weighted by Gasteiger charge is -2.53. The molecule has 0 aliphatic carbocycles. The van der Waals surface area contributed by atoms with Gasteiger partial charge in [-0.3, -0.25) is 14.5 Å². The molecular weight excluding hydrogens is 372 g/mol. The Balaban J connectivity index is 1.82. The van der Waals surface area contributed by atoms with Crippen molar-refractivity contribution in [1.29, 1.82) is 0 Å². The molecule has 2 saturated heterocycles. The molecule has 2 N–H and O–H groups in total. The highest BCUT2D eigenvalue weighted by Crippen LogP contribution is 2.37. The molecule has 1 spiro atoms. The highest BCUT2D eigenvalue weighted by Gasteiger charge is 2.49. The number of ketones is 1. The van der Waals surface area contributed by atoms with Gasteiger partial charge >= 0.3 is 6.09 Å². The standard InChI is InChI=1S/C21H30N4O4/c1-20(2,3)29-19(28)24-11-9-21(10-12-24)17(26)13-23(4)14-25(21)16-7-5-15(6-8-16)18(22)27/h5-8H,9-14H2,1-4H3,(H2,22,27). The average Bonchev–Trinajstić information content (AvgIpc) is 2.64. The van der Waals surface area contributed by atoms with Crippen LogP contribution in [-0.2, 0) is 9.53 Å². The number of nitrogens with two attached hydrogens (primary N) is 1. The fourth-order valence-corrected chi connectivity index (χ4v) is 4.04. The number of primary amides is 1. The van der Waals surface area contributed by atoms with Gasteiger partial charge in [0.1, 0.15) is 11.1 Å².